The van der Waals surface area contributed by atoms with Gasteiger partial charge in [-0.25, -0.2) is 0 Å². The maximum absolute atomic E-state index is 12.7. The average molecular weight is 444 g/mol. The van der Waals surface area contributed by atoms with Crippen LogP contribution in [0.2, 0.25) is 0 Å². The highest BCUT2D eigenvalue weighted by molar-refractivity contribution is 7.80. The molecule has 10 heteroatoms. The molecule has 9 nitrogen and oxygen atoms in total. The number of unbranched alkanes of at least 4 members (excludes halogenated alkanes) is 1. The summed E-state index contributed by atoms with van der Waals surface area (Å²) in [5.41, 5.74) is 2.83. The van der Waals surface area contributed by atoms with Crippen molar-refractivity contribution in [2.45, 2.75) is 40.2 Å². The fraction of sp³-hybridized carbons (Fsp3) is 0.381. The van der Waals surface area contributed by atoms with E-state index in [0.29, 0.717) is 41.0 Å². The maximum atomic E-state index is 12.7. The minimum absolute atomic E-state index is 0.0127. The summed E-state index contributed by atoms with van der Waals surface area (Å²) in [6.45, 7) is 6.23. The molecule has 0 unspecified atom stereocenters. The maximum Gasteiger partial charge on any atom is 0.312 e. The number of rotatable bonds is 8. The normalized spacial score (nSPS) is 15.0. The van der Waals surface area contributed by atoms with Gasteiger partial charge in [0.1, 0.15) is 22.8 Å². The number of nitrogens with zero attached hydrogens (tertiary/aromatic N) is 4. The number of aryl methyl sites for hydroxylation is 1. The van der Waals surface area contributed by atoms with Crippen molar-refractivity contribution in [3.05, 3.63) is 56.5 Å². The molecular weight excluding hydrogens is 418 g/mol. The van der Waals surface area contributed by atoms with Crippen molar-refractivity contribution in [1.29, 1.82) is 0 Å². The minimum Gasteiger partial charge on any atom is -0.496 e. The molecule has 0 spiro atoms. The third-order valence-electron chi connectivity index (χ3n) is 5.16. The van der Waals surface area contributed by atoms with Gasteiger partial charge in [0.05, 0.1) is 18.6 Å². The van der Waals surface area contributed by atoms with Crippen molar-refractivity contribution in [2.24, 2.45) is 0 Å². The Bertz CT molecular complexity index is 1080. The molecule has 1 fully saturated rings. The Morgan fingerprint density at radius 3 is 2.71 bits per heavy atom. The van der Waals surface area contributed by atoms with Gasteiger partial charge in [-0.15, -0.1) is 0 Å². The van der Waals surface area contributed by atoms with Gasteiger partial charge in [0.2, 0.25) is 0 Å². The van der Waals surface area contributed by atoms with Crippen LogP contribution in [0.4, 0.5) is 5.69 Å². The second-order valence-corrected chi connectivity index (χ2v) is 7.69. The van der Waals surface area contributed by atoms with Crippen LogP contribution < -0.4 is 10.1 Å². The predicted octanol–water partition coefficient (Wildman–Crippen LogP) is 3.32. The van der Waals surface area contributed by atoms with Gasteiger partial charge in [0.25, 0.3) is 5.91 Å². The highest BCUT2D eigenvalue weighted by atomic mass is 32.1. The smallest absolute Gasteiger partial charge is 0.312 e. The van der Waals surface area contributed by atoms with Crippen molar-refractivity contribution in [3.63, 3.8) is 0 Å². The first-order valence-electron chi connectivity index (χ1n) is 9.96. The van der Waals surface area contributed by atoms with Crippen molar-refractivity contribution >= 4 is 35.0 Å². The molecule has 2 heterocycles. The van der Waals surface area contributed by atoms with Crippen LogP contribution in [0.1, 0.15) is 42.3 Å². The van der Waals surface area contributed by atoms with E-state index in [1.54, 1.807) is 42.7 Å². The Balaban J connectivity index is 1.91. The molecule has 1 N–H and O–H groups in total. The summed E-state index contributed by atoms with van der Waals surface area (Å²) in [5, 5.41) is 19.0. The summed E-state index contributed by atoms with van der Waals surface area (Å²) in [5.74, 6) is 0.480. The number of aromatic nitrogens is 2. The number of amides is 1. The molecule has 1 aromatic heterocycles. The number of hydrogen-bond acceptors (Lipinski definition) is 6. The molecular formula is C21H25N5O4S. The predicted molar refractivity (Wildman–Crippen MR) is 121 cm³/mol. The highest BCUT2D eigenvalue weighted by Gasteiger charge is 2.30. The van der Waals surface area contributed by atoms with E-state index in [2.05, 4.69) is 17.3 Å². The van der Waals surface area contributed by atoms with Gasteiger partial charge in [-0.05, 0) is 56.3 Å². The monoisotopic (exact) mass is 443 g/mol. The standard InChI is InChI=1S/C21H25N5O4S/c1-5-6-9-24-20(27)17(22-21(24)31)11-15-7-8-18(30-4)16(10-15)12-25-14(3)19(26(28)29)13(2)23-25/h7-8,10-11H,5-6,9,12H2,1-4H3,(H,22,31)/b17-11-. The van der Waals surface area contributed by atoms with Crippen LogP contribution >= 0.6 is 12.2 Å². The zero-order chi connectivity index (χ0) is 22.7. The topological polar surface area (TPSA) is 103 Å². The van der Waals surface area contributed by atoms with Gasteiger partial charge in [0.15, 0.2) is 5.11 Å². The summed E-state index contributed by atoms with van der Waals surface area (Å²) in [7, 11) is 1.56. The van der Waals surface area contributed by atoms with E-state index in [1.807, 2.05) is 12.1 Å². The number of ether oxygens (including phenoxy) is 1. The van der Waals surface area contributed by atoms with E-state index in [9.17, 15) is 14.9 Å². The summed E-state index contributed by atoms with van der Waals surface area (Å²) in [6, 6.07) is 5.51. The first-order valence-corrected chi connectivity index (χ1v) is 10.4. The number of hydrogen-bond donors (Lipinski definition) is 1. The van der Waals surface area contributed by atoms with Crippen molar-refractivity contribution < 1.29 is 14.5 Å². The first kappa shape index (κ1) is 22.4. The lowest BCUT2D eigenvalue weighted by Crippen LogP contribution is -2.31. The van der Waals surface area contributed by atoms with Gasteiger partial charge in [0, 0.05) is 12.1 Å². The average Bonchev–Trinajstić information content (AvgIpc) is 3.15. The lowest BCUT2D eigenvalue weighted by atomic mass is 10.1. The molecule has 3 rings (SSSR count). The van der Waals surface area contributed by atoms with Crippen molar-refractivity contribution in [1.82, 2.24) is 20.0 Å². The molecule has 0 aliphatic carbocycles. The number of carbonyl (C=O) groups is 1. The van der Waals surface area contributed by atoms with Crippen LogP contribution in [-0.2, 0) is 11.3 Å². The number of methoxy groups -OCH3 is 1. The molecule has 0 bridgehead atoms. The quantitative estimate of drug-likeness (QED) is 0.289. The molecule has 31 heavy (non-hydrogen) atoms. The number of carbonyl (C=O) groups excluding carboxylic acids is 1. The summed E-state index contributed by atoms with van der Waals surface area (Å²) in [6.07, 6.45) is 3.59. The molecule has 164 valence electrons. The lowest BCUT2D eigenvalue weighted by Gasteiger charge is -2.12. The van der Waals surface area contributed by atoms with E-state index in [1.165, 1.54) is 0 Å². The highest BCUT2D eigenvalue weighted by Crippen LogP contribution is 2.27. The third kappa shape index (κ3) is 4.58. The summed E-state index contributed by atoms with van der Waals surface area (Å²) < 4.78 is 7.05. The number of thiocarbonyl (C=S) groups is 1. The van der Waals surface area contributed by atoms with Gasteiger partial charge < -0.3 is 10.1 Å². The van der Waals surface area contributed by atoms with Gasteiger partial charge in [-0.3, -0.25) is 24.5 Å². The van der Waals surface area contributed by atoms with Crippen LogP contribution in [0.5, 0.6) is 5.75 Å². The summed E-state index contributed by atoms with van der Waals surface area (Å²) in [4.78, 5) is 25.1. The van der Waals surface area contributed by atoms with E-state index < -0.39 is 4.92 Å². The van der Waals surface area contributed by atoms with Gasteiger partial charge in [-0.2, -0.15) is 5.10 Å². The molecule has 1 aliphatic heterocycles. The van der Waals surface area contributed by atoms with Gasteiger partial charge >= 0.3 is 5.69 Å². The molecule has 2 aromatic rings. The Labute approximate surface area is 185 Å². The Hall–Kier alpha value is -3.27. The van der Waals surface area contributed by atoms with Crippen molar-refractivity contribution in [3.8, 4) is 5.75 Å². The number of nitrogens with one attached hydrogen (secondary N) is 1. The van der Waals surface area contributed by atoms with Crippen LogP contribution in [0.3, 0.4) is 0 Å². The second kappa shape index (κ2) is 9.25. The molecule has 1 aromatic carbocycles. The lowest BCUT2D eigenvalue weighted by molar-refractivity contribution is -0.386. The molecule has 0 saturated carbocycles. The Morgan fingerprint density at radius 2 is 2.10 bits per heavy atom. The van der Waals surface area contributed by atoms with E-state index in [0.717, 1.165) is 24.0 Å². The Morgan fingerprint density at radius 1 is 1.35 bits per heavy atom. The molecule has 1 saturated heterocycles. The Kier molecular flexibility index (Phi) is 6.69. The minimum atomic E-state index is -0.420. The molecule has 1 aliphatic rings. The zero-order valence-corrected chi connectivity index (χ0v) is 18.8. The fourth-order valence-corrected chi connectivity index (χ4v) is 3.82. The molecule has 0 atom stereocenters. The first-order chi connectivity index (χ1) is 14.8. The third-order valence-corrected chi connectivity index (χ3v) is 5.48. The van der Waals surface area contributed by atoms with Crippen LogP contribution in [0.25, 0.3) is 6.08 Å². The van der Waals surface area contributed by atoms with Crippen LogP contribution in [0, 0.1) is 24.0 Å². The van der Waals surface area contributed by atoms with Crippen LogP contribution in [0.15, 0.2) is 23.9 Å². The van der Waals surface area contributed by atoms with Crippen LogP contribution in [-0.4, -0.2) is 44.3 Å². The molecule has 1 amide bonds. The summed E-state index contributed by atoms with van der Waals surface area (Å²) >= 11 is 5.29. The second-order valence-electron chi connectivity index (χ2n) is 7.30. The number of nitro groups is 1. The SMILES string of the molecule is CCCCN1C(=O)/C(=C/c2ccc(OC)c(Cn3nc(C)c([N+](=O)[O-])c3C)c2)NC1=S. The largest absolute Gasteiger partial charge is 0.496 e. The van der Waals surface area contributed by atoms with E-state index >= 15 is 0 Å². The van der Waals surface area contributed by atoms with E-state index in [4.69, 9.17) is 17.0 Å². The van der Waals surface area contributed by atoms with Crippen molar-refractivity contribution in [2.75, 3.05) is 13.7 Å². The zero-order valence-electron chi connectivity index (χ0n) is 18.0. The number of benzene rings is 1. The van der Waals surface area contributed by atoms with E-state index in [-0.39, 0.29) is 11.6 Å². The fourth-order valence-electron chi connectivity index (χ4n) is 3.54. The van der Waals surface area contributed by atoms with Gasteiger partial charge in [-0.1, -0.05) is 19.4 Å². The molecule has 0 radical (unpaired) electrons.